The third-order valence-corrected chi connectivity index (χ3v) is 1.28. The lowest BCUT2D eigenvalue weighted by molar-refractivity contribution is -0.0839. The van der Waals surface area contributed by atoms with E-state index in [1.54, 1.807) is 7.11 Å². The van der Waals surface area contributed by atoms with Crippen molar-refractivity contribution in [1.29, 1.82) is 0 Å². The fourth-order valence-electron chi connectivity index (χ4n) is 0.784. The quantitative estimate of drug-likeness (QED) is 0.503. The van der Waals surface area contributed by atoms with Gasteiger partial charge in [-0.25, -0.2) is 0 Å². The van der Waals surface area contributed by atoms with E-state index in [0.717, 1.165) is 6.54 Å². The van der Waals surface area contributed by atoms with Crippen molar-refractivity contribution in [3.05, 3.63) is 12.3 Å². The number of nitrogens with zero attached hydrogens (tertiary/aromatic N) is 1. The Morgan fingerprint density at radius 2 is 2.50 bits per heavy atom. The average Bonchev–Trinajstić information content (AvgIpc) is 2.14. The number of hydroxylamine groups is 2. The van der Waals surface area contributed by atoms with Gasteiger partial charge >= 0.3 is 0 Å². The monoisotopic (exact) mass is 113 g/mol. The van der Waals surface area contributed by atoms with Crippen molar-refractivity contribution in [2.75, 3.05) is 13.7 Å². The maximum Gasteiger partial charge on any atom is 0.0638 e. The summed E-state index contributed by atoms with van der Waals surface area (Å²) in [6.07, 6.45) is 4.09. The predicted molar refractivity (Wildman–Crippen MR) is 32.0 cm³/mol. The number of rotatable bonds is 1. The van der Waals surface area contributed by atoms with Crippen LogP contribution in [0.5, 0.6) is 0 Å². The van der Waals surface area contributed by atoms with Gasteiger partial charge in [0.15, 0.2) is 0 Å². The summed E-state index contributed by atoms with van der Waals surface area (Å²) >= 11 is 0. The number of hydrogen-bond donors (Lipinski definition) is 0. The van der Waals surface area contributed by atoms with Gasteiger partial charge in [0.25, 0.3) is 0 Å². The zero-order valence-corrected chi connectivity index (χ0v) is 5.29. The highest BCUT2D eigenvalue weighted by molar-refractivity contribution is 4.92. The summed E-state index contributed by atoms with van der Waals surface area (Å²) in [5.74, 6) is 0.648. The Morgan fingerprint density at radius 3 is 2.75 bits per heavy atom. The highest BCUT2D eigenvalue weighted by atomic mass is 16.7. The molecule has 1 aliphatic heterocycles. The standard InChI is InChI=1S/C6H11NO/c1-6-3-4-7(5-6)8-2/h3-4,6H,5H2,1-2H3. The second kappa shape index (κ2) is 2.18. The summed E-state index contributed by atoms with van der Waals surface area (Å²) in [4.78, 5) is 4.93. The van der Waals surface area contributed by atoms with Crippen LogP contribution in [0.3, 0.4) is 0 Å². The molecule has 2 nitrogen and oxygen atoms in total. The average molecular weight is 113 g/mol. The first kappa shape index (κ1) is 5.63. The summed E-state index contributed by atoms with van der Waals surface area (Å²) in [6.45, 7) is 3.16. The van der Waals surface area contributed by atoms with Gasteiger partial charge in [0.05, 0.1) is 13.7 Å². The van der Waals surface area contributed by atoms with Gasteiger partial charge in [-0.2, -0.15) is 0 Å². The lowest BCUT2D eigenvalue weighted by atomic mass is 10.2. The first-order valence-electron chi connectivity index (χ1n) is 2.82. The highest BCUT2D eigenvalue weighted by Gasteiger charge is 2.08. The molecule has 1 atom stereocenters. The molecule has 0 radical (unpaired) electrons. The van der Waals surface area contributed by atoms with Crippen LogP contribution in [0.4, 0.5) is 0 Å². The molecule has 0 amide bonds. The van der Waals surface area contributed by atoms with Crippen LogP contribution in [0.1, 0.15) is 6.92 Å². The van der Waals surface area contributed by atoms with Gasteiger partial charge in [0.2, 0.25) is 0 Å². The third-order valence-electron chi connectivity index (χ3n) is 1.28. The molecular weight excluding hydrogens is 102 g/mol. The topological polar surface area (TPSA) is 12.5 Å². The Balaban J connectivity index is 2.34. The molecule has 0 spiro atoms. The molecule has 8 heavy (non-hydrogen) atoms. The van der Waals surface area contributed by atoms with Gasteiger partial charge in [-0.05, 0) is 5.92 Å². The smallest absolute Gasteiger partial charge is 0.0638 e. The SMILES string of the molecule is CON1C=CC(C)C1. The van der Waals surface area contributed by atoms with Crippen LogP contribution in [0, 0.1) is 5.92 Å². The molecule has 0 saturated heterocycles. The van der Waals surface area contributed by atoms with E-state index < -0.39 is 0 Å². The summed E-state index contributed by atoms with van der Waals surface area (Å²) in [6, 6.07) is 0. The zero-order chi connectivity index (χ0) is 5.98. The van der Waals surface area contributed by atoms with Crippen molar-refractivity contribution in [2.45, 2.75) is 6.92 Å². The van der Waals surface area contributed by atoms with Gasteiger partial charge in [0.1, 0.15) is 0 Å². The van der Waals surface area contributed by atoms with E-state index in [9.17, 15) is 0 Å². The normalized spacial score (nSPS) is 27.2. The van der Waals surface area contributed by atoms with Crippen molar-refractivity contribution in [3.63, 3.8) is 0 Å². The molecule has 46 valence electrons. The van der Waals surface area contributed by atoms with E-state index >= 15 is 0 Å². The first-order chi connectivity index (χ1) is 3.83. The lowest BCUT2D eigenvalue weighted by Gasteiger charge is -2.11. The van der Waals surface area contributed by atoms with Crippen LogP contribution < -0.4 is 0 Å². The minimum absolute atomic E-state index is 0.648. The maximum absolute atomic E-state index is 4.93. The fourth-order valence-corrected chi connectivity index (χ4v) is 0.784. The van der Waals surface area contributed by atoms with Crippen molar-refractivity contribution in [1.82, 2.24) is 5.06 Å². The second-order valence-corrected chi connectivity index (χ2v) is 2.10. The molecule has 0 aromatic heterocycles. The van der Waals surface area contributed by atoms with Crippen LogP contribution in [0.2, 0.25) is 0 Å². The first-order valence-corrected chi connectivity index (χ1v) is 2.82. The fraction of sp³-hybridized carbons (Fsp3) is 0.667. The minimum Gasteiger partial charge on any atom is -0.277 e. The van der Waals surface area contributed by atoms with E-state index in [-0.39, 0.29) is 0 Å². The van der Waals surface area contributed by atoms with Crippen LogP contribution in [-0.4, -0.2) is 18.7 Å². The second-order valence-electron chi connectivity index (χ2n) is 2.10. The molecule has 1 rings (SSSR count). The Labute approximate surface area is 49.7 Å². The molecule has 1 unspecified atom stereocenters. The predicted octanol–water partition coefficient (Wildman–Crippen LogP) is 1.01. The molecule has 0 aromatic carbocycles. The Bertz CT molecular complexity index is 101. The summed E-state index contributed by atoms with van der Waals surface area (Å²) in [5, 5.41) is 1.82. The van der Waals surface area contributed by atoms with E-state index in [4.69, 9.17) is 4.84 Å². The van der Waals surface area contributed by atoms with Crippen molar-refractivity contribution < 1.29 is 4.84 Å². The Kier molecular flexibility index (Phi) is 1.53. The Hall–Kier alpha value is -0.500. The van der Waals surface area contributed by atoms with Crippen molar-refractivity contribution in [2.24, 2.45) is 5.92 Å². The largest absolute Gasteiger partial charge is 0.277 e. The van der Waals surface area contributed by atoms with Gasteiger partial charge in [-0.1, -0.05) is 13.0 Å². The van der Waals surface area contributed by atoms with Gasteiger partial charge in [0, 0.05) is 6.20 Å². The summed E-state index contributed by atoms with van der Waals surface area (Å²) < 4.78 is 0. The molecule has 2 heteroatoms. The lowest BCUT2D eigenvalue weighted by Crippen LogP contribution is -2.14. The van der Waals surface area contributed by atoms with Gasteiger partial charge in [-0.3, -0.25) is 9.90 Å². The Morgan fingerprint density at radius 1 is 1.75 bits per heavy atom. The van der Waals surface area contributed by atoms with Gasteiger partial charge in [-0.15, -0.1) is 0 Å². The van der Waals surface area contributed by atoms with Crippen LogP contribution in [0.15, 0.2) is 12.3 Å². The summed E-state index contributed by atoms with van der Waals surface area (Å²) in [7, 11) is 1.68. The third kappa shape index (κ3) is 1.01. The molecule has 0 saturated carbocycles. The molecule has 0 N–H and O–H groups in total. The minimum atomic E-state index is 0.648. The van der Waals surface area contributed by atoms with Crippen molar-refractivity contribution >= 4 is 0 Å². The van der Waals surface area contributed by atoms with Crippen molar-refractivity contribution in [3.8, 4) is 0 Å². The molecular formula is C6H11NO. The zero-order valence-electron chi connectivity index (χ0n) is 5.29. The van der Waals surface area contributed by atoms with Crippen LogP contribution in [0.25, 0.3) is 0 Å². The molecule has 1 heterocycles. The van der Waals surface area contributed by atoms with E-state index in [1.165, 1.54) is 0 Å². The van der Waals surface area contributed by atoms with Crippen LogP contribution in [-0.2, 0) is 4.84 Å². The van der Waals surface area contributed by atoms with E-state index in [1.807, 2.05) is 11.3 Å². The number of hydrogen-bond acceptors (Lipinski definition) is 2. The van der Waals surface area contributed by atoms with Gasteiger partial charge < -0.3 is 0 Å². The molecule has 0 bridgehead atoms. The highest BCUT2D eigenvalue weighted by Crippen LogP contribution is 2.09. The van der Waals surface area contributed by atoms with Crippen LogP contribution >= 0.6 is 0 Å². The molecule has 0 fully saturated rings. The molecule has 0 aromatic rings. The molecule has 1 aliphatic rings. The molecule has 0 aliphatic carbocycles. The maximum atomic E-state index is 4.93. The summed E-state index contributed by atoms with van der Waals surface area (Å²) in [5.41, 5.74) is 0. The van der Waals surface area contributed by atoms with E-state index in [2.05, 4.69) is 13.0 Å². The van der Waals surface area contributed by atoms with E-state index in [0.29, 0.717) is 5.92 Å².